The molecule has 0 atom stereocenters. The summed E-state index contributed by atoms with van der Waals surface area (Å²) in [5.74, 6) is -7.01. The zero-order valence-electron chi connectivity index (χ0n) is 29.0. The van der Waals surface area contributed by atoms with Gasteiger partial charge in [-0.25, -0.2) is 37.1 Å². The van der Waals surface area contributed by atoms with Crippen molar-refractivity contribution < 1.29 is 24.4 Å². The molecule has 0 spiro atoms. The number of nitrogens with zero attached hydrogens (tertiary/aromatic N) is 8. The van der Waals surface area contributed by atoms with E-state index in [0.29, 0.717) is 13.8 Å². The number of imidazole rings is 2. The molecule has 0 radical (unpaired) electrons. The van der Waals surface area contributed by atoms with Gasteiger partial charge in [0.2, 0.25) is 11.8 Å². The molecule has 16 heteroatoms. The lowest BCUT2D eigenvalue weighted by Crippen LogP contribution is -2.39. The van der Waals surface area contributed by atoms with Crippen LogP contribution in [0.3, 0.4) is 0 Å². The van der Waals surface area contributed by atoms with Crippen LogP contribution in [0.15, 0.2) is 31.8 Å². The molecule has 4 rings (SSSR count). The third kappa shape index (κ3) is 7.26. The maximum absolute atomic E-state index is 13.2. The average molecular weight is 606 g/mol. The van der Waals surface area contributed by atoms with Crippen molar-refractivity contribution in [3.63, 3.8) is 0 Å². The van der Waals surface area contributed by atoms with Crippen LogP contribution in [0.4, 0.5) is 17.6 Å². The lowest BCUT2D eigenvalue weighted by Gasteiger charge is -2.11. The summed E-state index contributed by atoms with van der Waals surface area (Å²) in [6.45, 7) is 0.674. The standard InChI is InChI=1S/2C13H18F2N4O2/c2*1-13(14,15)6-4-5-7-19-11(20)9-10(16-8-17(9)2)18(3)12(19)21/h2*8H,4-7H2,1-3H3/i6D2,8D;6D2. The number of aromatic nitrogens is 8. The maximum Gasteiger partial charge on any atom is 0.332 e. The van der Waals surface area contributed by atoms with E-state index in [1.165, 1.54) is 41.2 Å². The van der Waals surface area contributed by atoms with E-state index in [2.05, 4.69) is 9.97 Å². The fraction of sp³-hybridized carbons (Fsp3) is 0.615. The molecule has 232 valence electrons. The minimum absolute atomic E-state index is 0.0606. The second-order valence-electron chi connectivity index (χ2n) is 9.90. The first kappa shape index (κ1) is 25.7. The Labute approximate surface area is 244 Å². The van der Waals surface area contributed by atoms with E-state index in [1.54, 1.807) is 7.05 Å². The monoisotopic (exact) mass is 605 g/mol. The van der Waals surface area contributed by atoms with Gasteiger partial charge in [-0.2, -0.15) is 0 Å². The Morgan fingerprint density at radius 1 is 0.714 bits per heavy atom. The number of fused-ring (bicyclic) bond motifs is 2. The summed E-state index contributed by atoms with van der Waals surface area (Å²) in [5.41, 5.74) is -1.92. The highest BCUT2D eigenvalue weighted by Gasteiger charge is 2.21. The van der Waals surface area contributed by atoms with Crippen molar-refractivity contribution in [2.75, 3.05) is 0 Å². The highest BCUT2D eigenvalue weighted by molar-refractivity contribution is 5.70. The number of halogens is 4. The van der Waals surface area contributed by atoms with E-state index < -0.39 is 59.9 Å². The Morgan fingerprint density at radius 2 is 1.12 bits per heavy atom. The van der Waals surface area contributed by atoms with Crippen molar-refractivity contribution in [3.05, 3.63) is 54.3 Å². The summed E-state index contributed by atoms with van der Waals surface area (Å²) in [4.78, 5) is 57.1. The van der Waals surface area contributed by atoms with Crippen LogP contribution in [-0.4, -0.2) is 49.2 Å². The zero-order valence-corrected chi connectivity index (χ0v) is 24.0. The van der Waals surface area contributed by atoms with Crippen molar-refractivity contribution >= 4 is 22.3 Å². The van der Waals surface area contributed by atoms with Gasteiger partial charge in [0.15, 0.2) is 22.3 Å². The van der Waals surface area contributed by atoms with Gasteiger partial charge in [0, 0.05) is 59.5 Å². The van der Waals surface area contributed by atoms with Crippen LogP contribution < -0.4 is 22.5 Å². The lowest BCUT2D eigenvalue weighted by molar-refractivity contribution is 0.00943. The van der Waals surface area contributed by atoms with Gasteiger partial charge < -0.3 is 9.13 Å². The summed E-state index contributed by atoms with van der Waals surface area (Å²) >= 11 is 0. The van der Waals surface area contributed by atoms with Crippen molar-refractivity contribution in [3.8, 4) is 0 Å². The van der Waals surface area contributed by atoms with Crippen LogP contribution >= 0.6 is 0 Å². The van der Waals surface area contributed by atoms with Gasteiger partial charge >= 0.3 is 11.4 Å². The van der Waals surface area contributed by atoms with Gasteiger partial charge in [-0.1, -0.05) is 0 Å². The molecular formula is C26H36F4N8O4. The predicted octanol–water partition coefficient (Wildman–Crippen LogP) is 2.52. The van der Waals surface area contributed by atoms with Gasteiger partial charge in [0.1, 0.15) is 1.37 Å². The predicted molar refractivity (Wildman–Crippen MR) is 149 cm³/mol. The first-order valence-corrected chi connectivity index (χ1v) is 12.8. The number of aryl methyl sites for hydroxylation is 4. The van der Waals surface area contributed by atoms with Crippen LogP contribution in [0.2, 0.25) is 0 Å². The van der Waals surface area contributed by atoms with Crippen LogP contribution in [0.25, 0.3) is 22.3 Å². The van der Waals surface area contributed by atoms with Gasteiger partial charge in [0.05, 0.1) is 12.6 Å². The van der Waals surface area contributed by atoms with Gasteiger partial charge in [0.25, 0.3) is 11.1 Å². The van der Waals surface area contributed by atoms with Gasteiger partial charge in [-0.05, 0) is 39.5 Å². The normalized spacial score (nSPS) is 14.7. The minimum Gasteiger partial charge on any atom is -0.328 e. The van der Waals surface area contributed by atoms with E-state index in [-0.39, 0.29) is 54.6 Å². The maximum atomic E-state index is 13.2. The molecule has 12 nitrogen and oxygen atoms in total. The van der Waals surface area contributed by atoms with Crippen molar-refractivity contribution in [1.29, 1.82) is 0 Å². The molecule has 4 aromatic heterocycles. The molecule has 0 aliphatic rings. The van der Waals surface area contributed by atoms with E-state index in [1.807, 2.05) is 0 Å². The Morgan fingerprint density at radius 3 is 1.55 bits per heavy atom. The summed E-state index contributed by atoms with van der Waals surface area (Å²) < 4.78 is 96.5. The quantitative estimate of drug-likeness (QED) is 0.256. The minimum atomic E-state index is -3.52. The largest absolute Gasteiger partial charge is 0.332 e. The second kappa shape index (κ2) is 12.5. The van der Waals surface area contributed by atoms with Crippen molar-refractivity contribution in [1.82, 2.24) is 37.4 Å². The molecule has 0 aliphatic carbocycles. The summed E-state index contributed by atoms with van der Waals surface area (Å²) in [6.07, 6.45) is -5.33. The average Bonchev–Trinajstić information content (AvgIpc) is 3.48. The fourth-order valence-electron chi connectivity index (χ4n) is 4.22. The van der Waals surface area contributed by atoms with Crippen molar-refractivity contribution in [2.24, 2.45) is 28.2 Å². The highest BCUT2D eigenvalue weighted by atomic mass is 19.3. The highest BCUT2D eigenvalue weighted by Crippen LogP contribution is 2.20. The Bertz CT molecular complexity index is 2030. The second-order valence-corrected chi connectivity index (χ2v) is 9.90. The molecule has 0 amide bonds. The van der Waals surface area contributed by atoms with E-state index in [4.69, 9.17) is 6.85 Å². The molecule has 0 N–H and O–H groups in total. The smallest absolute Gasteiger partial charge is 0.328 e. The summed E-state index contributed by atoms with van der Waals surface area (Å²) in [5, 5.41) is 0. The third-order valence-corrected chi connectivity index (χ3v) is 6.33. The molecule has 4 aromatic rings. The topological polar surface area (TPSA) is 124 Å². The Kier molecular flexibility index (Phi) is 7.64. The number of alkyl halides is 4. The molecule has 42 heavy (non-hydrogen) atoms. The number of rotatable bonds is 10. The van der Waals surface area contributed by atoms with Crippen LogP contribution in [-0.2, 0) is 41.3 Å². The van der Waals surface area contributed by atoms with Crippen LogP contribution in [0, 0.1) is 0 Å². The molecule has 0 aliphatic heterocycles. The first-order valence-electron chi connectivity index (χ1n) is 15.3. The Balaban J connectivity index is 0.000000256. The number of hydrogen-bond donors (Lipinski definition) is 0. The molecule has 0 saturated heterocycles. The lowest BCUT2D eigenvalue weighted by atomic mass is 10.1. The van der Waals surface area contributed by atoms with Crippen molar-refractivity contribution in [2.45, 2.75) is 77.2 Å². The molecule has 0 saturated carbocycles. The number of hydrogen-bond acceptors (Lipinski definition) is 6. The van der Waals surface area contributed by atoms with Gasteiger partial charge in [-0.3, -0.25) is 27.9 Å². The molecule has 0 fully saturated rings. The molecule has 0 aromatic carbocycles. The summed E-state index contributed by atoms with van der Waals surface area (Å²) in [7, 11) is 5.94. The summed E-state index contributed by atoms with van der Waals surface area (Å²) in [6, 6.07) is 0. The van der Waals surface area contributed by atoms with Gasteiger partial charge in [-0.15, -0.1) is 0 Å². The molecule has 0 unspecified atom stereocenters. The SMILES string of the molecule is [2H]C([2H])(CCCn1c(=O)c2c(ncn2C)n(C)c1=O)C(C)(F)F.[2H]c1nc2c(c(=O)n(CCCC([2H])([2H])C(C)(F)F)c(=O)n2C)n1C. The molecular weight excluding hydrogens is 564 g/mol. The zero-order chi connectivity index (χ0) is 36.0. The van der Waals surface area contributed by atoms with E-state index in [0.717, 1.165) is 13.7 Å². The third-order valence-electron chi connectivity index (χ3n) is 6.33. The van der Waals surface area contributed by atoms with Crippen LogP contribution in [0.5, 0.6) is 0 Å². The van der Waals surface area contributed by atoms with Crippen LogP contribution in [0.1, 0.15) is 59.1 Å². The van der Waals surface area contributed by atoms with E-state index in [9.17, 15) is 36.7 Å². The van der Waals surface area contributed by atoms with E-state index >= 15 is 0 Å². The molecule has 0 bridgehead atoms. The first-order chi connectivity index (χ1) is 21.4. The Hall–Kier alpha value is -3.98. The fourth-order valence-corrected chi connectivity index (χ4v) is 4.22. The molecule has 4 heterocycles.